The molecule has 0 aliphatic heterocycles. The first-order chi connectivity index (χ1) is 7.13. The summed E-state index contributed by atoms with van der Waals surface area (Å²) in [5.74, 6) is -0.766. The average molecular weight is 210 g/mol. The molecule has 0 heterocycles. The van der Waals surface area contributed by atoms with E-state index in [0.29, 0.717) is 18.8 Å². The molecule has 0 aliphatic carbocycles. The van der Waals surface area contributed by atoms with Crippen LogP contribution in [0.5, 0.6) is 5.75 Å². The third-order valence-electron chi connectivity index (χ3n) is 1.99. The van der Waals surface area contributed by atoms with Gasteiger partial charge in [0.1, 0.15) is 5.75 Å². The van der Waals surface area contributed by atoms with E-state index < -0.39 is 5.97 Å². The van der Waals surface area contributed by atoms with Crippen LogP contribution in [-0.4, -0.2) is 22.8 Å². The van der Waals surface area contributed by atoms with Gasteiger partial charge in [-0.25, -0.2) is 0 Å². The zero-order valence-corrected chi connectivity index (χ0v) is 8.56. The van der Waals surface area contributed by atoms with E-state index in [4.69, 9.17) is 9.84 Å². The van der Waals surface area contributed by atoms with E-state index in [9.17, 15) is 9.90 Å². The van der Waals surface area contributed by atoms with E-state index in [0.717, 1.165) is 5.56 Å². The molecule has 0 amide bonds. The molecule has 0 bridgehead atoms. The van der Waals surface area contributed by atoms with Crippen molar-refractivity contribution in [2.45, 2.75) is 20.0 Å². The number of phenols is 1. The highest BCUT2D eigenvalue weighted by atomic mass is 16.5. The molecule has 2 N–H and O–H groups in total. The van der Waals surface area contributed by atoms with Gasteiger partial charge in [0.2, 0.25) is 0 Å². The third kappa shape index (κ3) is 3.59. The van der Waals surface area contributed by atoms with Crippen LogP contribution >= 0.6 is 0 Å². The Morgan fingerprint density at radius 2 is 2.13 bits per heavy atom. The lowest BCUT2D eigenvalue weighted by atomic mass is 10.0. The maximum absolute atomic E-state index is 10.6. The first-order valence-electron chi connectivity index (χ1n) is 4.73. The van der Waals surface area contributed by atoms with E-state index in [1.807, 2.05) is 6.92 Å². The van der Waals surface area contributed by atoms with Gasteiger partial charge in [0, 0.05) is 6.61 Å². The predicted molar refractivity (Wildman–Crippen MR) is 54.8 cm³/mol. The second-order valence-corrected chi connectivity index (χ2v) is 3.16. The van der Waals surface area contributed by atoms with Crippen molar-refractivity contribution in [3.8, 4) is 5.75 Å². The fraction of sp³-hybridized carbons (Fsp3) is 0.364. The monoisotopic (exact) mass is 210 g/mol. The summed E-state index contributed by atoms with van der Waals surface area (Å²) in [6.07, 6.45) is -0.0529. The van der Waals surface area contributed by atoms with Crippen LogP contribution in [0.2, 0.25) is 0 Å². The summed E-state index contributed by atoms with van der Waals surface area (Å²) in [6.45, 7) is 2.75. The smallest absolute Gasteiger partial charge is 0.307 e. The van der Waals surface area contributed by atoms with Crippen molar-refractivity contribution in [3.05, 3.63) is 29.3 Å². The minimum Gasteiger partial charge on any atom is -0.508 e. The van der Waals surface area contributed by atoms with Crippen LogP contribution in [0.15, 0.2) is 18.2 Å². The summed E-state index contributed by atoms with van der Waals surface area (Å²) < 4.78 is 5.19. The normalized spacial score (nSPS) is 10.2. The molecule has 0 unspecified atom stereocenters. The van der Waals surface area contributed by atoms with Crippen molar-refractivity contribution in [2.75, 3.05) is 6.61 Å². The van der Waals surface area contributed by atoms with E-state index in [2.05, 4.69) is 0 Å². The number of carbonyl (C=O) groups is 1. The Kier molecular flexibility index (Phi) is 4.12. The molecular weight excluding hydrogens is 196 g/mol. The summed E-state index contributed by atoms with van der Waals surface area (Å²) in [5, 5.41) is 18.0. The van der Waals surface area contributed by atoms with E-state index in [1.54, 1.807) is 6.07 Å². The molecule has 0 saturated carbocycles. The largest absolute Gasteiger partial charge is 0.508 e. The Morgan fingerprint density at radius 3 is 2.73 bits per heavy atom. The van der Waals surface area contributed by atoms with Gasteiger partial charge in [-0.2, -0.15) is 0 Å². The Bertz CT molecular complexity index is 346. The number of ether oxygens (including phenoxy) is 1. The van der Waals surface area contributed by atoms with E-state index in [1.165, 1.54) is 12.1 Å². The lowest BCUT2D eigenvalue weighted by Gasteiger charge is -2.08. The summed E-state index contributed by atoms with van der Waals surface area (Å²) in [7, 11) is 0. The second kappa shape index (κ2) is 5.36. The van der Waals surface area contributed by atoms with Gasteiger partial charge >= 0.3 is 5.97 Å². The molecule has 82 valence electrons. The van der Waals surface area contributed by atoms with Gasteiger partial charge in [-0.3, -0.25) is 4.79 Å². The van der Waals surface area contributed by atoms with Gasteiger partial charge in [-0.05, 0) is 30.2 Å². The molecule has 0 spiro atoms. The molecule has 1 aromatic carbocycles. The summed E-state index contributed by atoms with van der Waals surface area (Å²) in [4.78, 5) is 10.6. The standard InChI is InChI=1S/C11H14O4/c1-2-15-7-9-5-10(12)4-3-8(9)6-11(13)14/h3-5,12H,2,6-7H2,1H3,(H,13,14). The number of carboxylic acids is 1. The Hall–Kier alpha value is -1.55. The van der Waals surface area contributed by atoms with Gasteiger partial charge in [-0.1, -0.05) is 6.07 Å². The van der Waals surface area contributed by atoms with Crippen molar-refractivity contribution in [1.29, 1.82) is 0 Å². The number of hydrogen-bond acceptors (Lipinski definition) is 3. The van der Waals surface area contributed by atoms with Gasteiger partial charge in [0.15, 0.2) is 0 Å². The van der Waals surface area contributed by atoms with Crippen molar-refractivity contribution < 1.29 is 19.7 Å². The average Bonchev–Trinajstić information content (AvgIpc) is 2.18. The van der Waals surface area contributed by atoms with Gasteiger partial charge in [0.05, 0.1) is 13.0 Å². The highest BCUT2D eigenvalue weighted by molar-refractivity contribution is 5.70. The molecule has 1 rings (SSSR count). The lowest BCUT2D eigenvalue weighted by Crippen LogP contribution is -2.04. The first-order valence-corrected chi connectivity index (χ1v) is 4.73. The predicted octanol–water partition coefficient (Wildman–Crippen LogP) is 1.56. The number of carboxylic acid groups (broad SMARTS) is 1. The zero-order valence-electron chi connectivity index (χ0n) is 8.56. The summed E-state index contributed by atoms with van der Waals surface area (Å²) in [6, 6.07) is 4.62. The number of aromatic hydroxyl groups is 1. The van der Waals surface area contributed by atoms with Crippen molar-refractivity contribution >= 4 is 5.97 Å². The minimum absolute atomic E-state index is 0.0529. The molecule has 0 aromatic heterocycles. The lowest BCUT2D eigenvalue weighted by molar-refractivity contribution is -0.136. The molecule has 4 nitrogen and oxygen atoms in total. The third-order valence-corrected chi connectivity index (χ3v) is 1.99. The Morgan fingerprint density at radius 1 is 1.40 bits per heavy atom. The summed E-state index contributed by atoms with van der Waals surface area (Å²) in [5.41, 5.74) is 1.40. The van der Waals surface area contributed by atoms with Gasteiger partial charge in [0.25, 0.3) is 0 Å². The quantitative estimate of drug-likeness (QED) is 0.773. The minimum atomic E-state index is -0.890. The Balaban J connectivity index is 2.87. The van der Waals surface area contributed by atoms with Crippen LogP contribution < -0.4 is 0 Å². The van der Waals surface area contributed by atoms with Crippen molar-refractivity contribution in [1.82, 2.24) is 0 Å². The van der Waals surface area contributed by atoms with E-state index >= 15 is 0 Å². The number of phenolic OH excluding ortho intramolecular Hbond substituents is 1. The van der Waals surface area contributed by atoms with Crippen molar-refractivity contribution in [3.63, 3.8) is 0 Å². The van der Waals surface area contributed by atoms with Crippen LogP contribution in [0.3, 0.4) is 0 Å². The highest BCUT2D eigenvalue weighted by Crippen LogP contribution is 2.18. The SMILES string of the molecule is CCOCc1cc(O)ccc1CC(=O)O. The number of hydrogen-bond donors (Lipinski definition) is 2. The Labute approximate surface area is 88.1 Å². The molecule has 0 saturated heterocycles. The fourth-order valence-corrected chi connectivity index (χ4v) is 1.29. The first kappa shape index (κ1) is 11.5. The van der Waals surface area contributed by atoms with Gasteiger partial charge < -0.3 is 14.9 Å². The molecule has 0 atom stereocenters. The number of benzene rings is 1. The van der Waals surface area contributed by atoms with Crippen LogP contribution in [0, 0.1) is 0 Å². The molecule has 0 fully saturated rings. The molecule has 1 aromatic rings. The van der Waals surface area contributed by atoms with E-state index in [-0.39, 0.29) is 12.2 Å². The summed E-state index contributed by atoms with van der Waals surface area (Å²) >= 11 is 0. The second-order valence-electron chi connectivity index (χ2n) is 3.16. The van der Waals surface area contributed by atoms with Crippen LogP contribution in [-0.2, 0) is 22.6 Å². The number of aliphatic carboxylic acids is 1. The molecule has 0 aliphatic rings. The van der Waals surface area contributed by atoms with Crippen LogP contribution in [0.1, 0.15) is 18.1 Å². The van der Waals surface area contributed by atoms with Gasteiger partial charge in [-0.15, -0.1) is 0 Å². The molecule has 0 radical (unpaired) electrons. The topological polar surface area (TPSA) is 66.8 Å². The highest BCUT2D eigenvalue weighted by Gasteiger charge is 2.07. The van der Waals surface area contributed by atoms with Crippen LogP contribution in [0.4, 0.5) is 0 Å². The molecule has 4 heteroatoms. The maximum atomic E-state index is 10.6. The molecule has 15 heavy (non-hydrogen) atoms. The van der Waals surface area contributed by atoms with Crippen molar-refractivity contribution in [2.24, 2.45) is 0 Å². The maximum Gasteiger partial charge on any atom is 0.307 e. The van der Waals surface area contributed by atoms with Crippen LogP contribution in [0.25, 0.3) is 0 Å². The molecular formula is C11H14O4. The zero-order chi connectivity index (χ0) is 11.3. The fourth-order valence-electron chi connectivity index (χ4n) is 1.29. The number of rotatable bonds is 5.